The van der Waals surface area contributed by atoms with E-state index in [1.807, 2.05) is 30.3 Å². The first kappa shape index (κ1) is 16.8. The summed E-state index contributed by atoms with van der Waals surface area (Å²) in [5, 5.41) is 6.02. The molecule has 0 aliphatic carbocycles. The summed E-state index contributed by atoms with van der Waals surface area (Å²) in [7, 11) is 0. The number of carbonyl (C=O) groups is 2. The molecule has 0 aliphatic heterocycles. The quantitative estimate of drug-likeness (QED) is 0.797. The van der Waals surface area contributed by atoms with Crippen molar-refractivity contribution in [3.05, 3.63) is 71.3 Å². The van der Waals surface area contributed by atoms with Gasteiger partial charge in [-0.2, -0.15) is 0 Å². The Morgan fingerprint density at radius 1 is 1.00 bits per heavy atom. The number of carbonyl (C=O) groups excluding carboxylic acids is 2. The summed E-state index contributed by atoms with van der Waals surface area (Å²) in [6.45, 7) is 0.275. The molecular weight excluding hydrogens is 312 g/mol. The number of benzene rings is 2. The zero-order chi connectivity index (χ0) is 16.5. The van der Waals surface area contributed by atoms with E-state index in [1.54, 1.807) is 30.3 Å². The van der Waals surface area contributed by atoms with Gasteiger partial charge in [0.15, 0.2) is 0 Å². The highest BCUT2D eigenvalue weighted by Gasteiger charge is 2.03. The van der Waals surface area contributed by atoms with Crippen LogP contribution in [0.3, 0.4) is 0 Å². The number of amides is 2. The van der Waals surface area contributed by atoms with E-state index in [1.165, 1.54) is 6.08 Å². The minimum Gasteiger partial charge on any atom is -0.352 e. The number of rotatable bonds is 6. The number of halogens is 1. The molecule has 2 rings (SSSR count). The lowest BCUT2D eigenvalue weighted by Crippen LogP contribution is -2.26. The van der Waals surface area contributed by atoms with Crippen LogP contribution in [0.5, 0.6) is 0 Å². The molecule has 0 aliphatic rings. The van der Waals surface area contributed by atoms with Crippen LogP contribution in [0.4, 0.5) is 5.69 Å². The summed E-state index contributed by atoms with van der Waals surface area (Å²) in [4.78, 5) is 23.4. The van der Waals surface area contributed by atoms with Crippen molar-refractivity contribution in [3.63, 3.8) is 0 Å². The first-order valence-electron chi connectivity index (χ1n) is 7.20. The fourth-order valence-corrected chi connectivity index (χ4v) is 1.98. The van der Waals surface area contributed by atoms with Crippen LogP contribution in [0.1, 0.15) is 12.0 Å². The van der Waals surface area contributed by atoms with Crippen LogP contribution in [-0.2, 0) is 9.59 Å². The monoisotopic (exact) mass is 328 g/mol. The van der Waals surface area contributed by atoms with Gasteiger partial charge in [0.05, 0.1) is 0 Å². The van der Waals surface area contributed by atoms with Crippen molar-refractivity contribution in [3.8, 4) is 0 Å². The molecule has 0 unspecified atom stereocenters. The van der Waals surface area contributed by atoms with Crippen LogP contribution < -0.4 is 10.6 Å². The lowest BCUT2D eigenvalue weighted by atomic mass is 10.2. The van der Waals surface area contributed by atoms with Crippen molar-refractivity contribution < 1.29 is 9.59 Å². The second-order valence-corrected chi connectivity index (χ2v) is 5.28. The van der Waals surface area contributed by atoms with Gasteiger partial charge in [-0.3, -0.25) is 9.59 Å². The third-order valence-electron chi connectivity index (χ3n) is 3.01. The Hall–Kier alpha value is -2.59. The van der Waals surface area contributed by atoms with E-state index in [0.29, 0.717) is 10.7 Å². The van der Waals surface area contributed by atoms with Gasteiger partial charge >= 0.3 is 0 Å². The van der Waals surface area contributed by atoms with E-state index in [9.17, 15) is 9.59 Å². The van der Waals surface area contributed by atoms with Gasteiger partial charge in [0.1, 0.15) is 0 Å². The topological polar surface area (TPSA) is 58.2 Å². The van der Waals surface area contributed by atoms with Crippen LogP contribution in [0.2, 0.25) is 5.02 Å². The van der Waals surface area contributed by atoms with Gasteiger partial charge in [-0.05, 0) is 35.9 Å². The Labute approximate surface area is 140 Å². The molecule has 5 heteroatoms. The van der Waals surface area contributed by atoms with Gasteiger partial charge in [-0.1, -0.05) is 41.9 Å². The second kappa shape index (κ2) is 8.76. The van der Waals surface area contributed by atoms with Gasteiger partial charge in [0.2, 0.25) is 11.8 Å². The van der Waals surface area contributed by atoms with E-state index in [0.717, 1.165) is 5.56 Å². The van der Waals surface area contributed by atoms with E-state index in [-0.39, 0.29) is 24.8 Å². The van der Waals surface area contributed by atoms with Gasteiger partial charge in [0, 0.05) is 29.8 Å². The molecule has 0 fully saturated rings. The van der Waals surface area contributed by atoms with Crippen molar-refractivity contribution in [2.45, 2.75) is 6.42 Å². The third kappa shape index (κ3) is 6.36. The van der Waals surface area contributed by atoms with Crippen molar-refractivity contribution in [2.75, 3.05) is 11.9 Å². The van der Waals surface area contributed by atoms with Crippen LogP contribution in [0.25, 0.3) is 6.08 Å². The molecule has 4 nitrogen and oxygen atoms in total. The molecule has 23 heavy (non-hydrogen) atoms. The Balaban J connectivity index is 1.69. The summed E-state index contributed by atoms with van der Waals surface area (Å²) in [6, 6.07) is 16.4. The Bertz CT molecular complexity index is 682. The Kier molecular flexibility index (Phi) is 6.39. The maximum Gasteiger partial charge on any atom is 0.244 e. The molecule has 0 radical (unpaired) electrons. The van der Waals surface area contributed by atoms with E-state index >= 15 is 0 Å². The van der Waals surface area contributed by atoms with Gasteiger partial charge < -0.3 is 10.6 Å². The van der Waals surface area contributed by atoms with Crippen molar-refractivity contribution >= 4 is 35.2 Å². The number of hydrogen-bond acceptors (Lipinski definition) is 2. The predicted octanol–water partition coefficient (Wildman–Crippen LogP) is 3.50. The average Bonchev–Trinajstić information content (AvgIpc) is 2.56. The SMILES string of the molecule is O=C(/C=C/c1ccccc1)NCCC(=O)Nc1ccc(Cl)cc1. The smallest absolute Gasteiger partial charge is 0.244 e. The summed E-state index contributed by atoms with van der Waals surface area (Å²) in [6.07, 6.45) is 3.38. The average molecular weight is 329 g/mol. The highest BCUT2D eigenvalue weighted by atomic mass is 35.5. The lowest BCUT2D eigenvalue weighted by molar-refractivity contribution is -0.117. The Morgan fingerprint density at radius 3 is 2.39 bits per heavy atom. The highest BCUT2D eigenvalue weighted by Crippen LogP contribution is 2.13. The minimum atomic E-state index is -0.229. The second-order valence-electron chi connectivity index (χ2n) is 4.84. The standard InChI is InChI=1S/C18H17ClN2O2/c19-15-7-9-16(10-8-15)21-18(23)12-13-20-17(22)11-6-14-4-2-1-3-5-14/h1-11H,12-13H2,(H,20,22)(H,21,23)/b11-6+. The molecule has 0 atom stereocenters. The molecule has 0 aromatic heterocycles. The van der Waals surface area contributed by atoms with Gasteiger partial charge in [0.25, 0.3) is 0 Å². The van der Waals surface area contributed by atoms with E-state index in [2.05, 4.69) is 10.6 Å². The largest absolute Gasteiger partial charge is 0.352 e. The lowest BCUT2D eigenvalue weighted by Gasteiger charge is -2.05. The van der Waals surface area contributed by atoms with Crippen LogP contribution >= 0.6 is 11.6 Å². The number of hydrogen-bond donors (Lipinski definition) is 2. The molecule has 0 saturated heterocycles. The first-order chi connectivity index (χ1) is 11.1. The zero-order valence-corrected chi connectivity index (χ0v) is 13.2. The Morgan fingerprint density at radius 2 is 1.70 bits per heavy atom. The molecular formula is C18H17ClN2O2. The molecule has 2 aromatic rings. The normalized spacial score (nSPS) is 10.5. The maximum absolute atomic E-state index is 11.7. The molecule has 0 spiro atoms. The summed E-state index contributed by atoms with van der Waals surface area (Å²) in [5.74, 6) is -0.396. The fraction of sp³-hybridized carbons (Fsp3) is 0.111. The molecule has 118 valence electrons. The summed E-state index contributed by atoms with van der Waals surface area (Å²) >= 11 is 5.77. The van der Waals surface area contributed by atoms with Crippen LogP contribution in [0.15, 0.2) is 60.7 Å². The highest BCUT2D eigenvalue weighted by molar-refractivity contribution is 6.30. The minimum absolute atomic E-state index is 0.167. The molecule has 2 amide bonds. The van der Waals surface area contributed by atoms with E-state index in [4.69, 9.17) is 11.6 Å². The molecule has 2 aromatic carbocycles. The zero-order valence-electron chi connectivity index (χ0n) is 12.5. The molecule has 0 bridgehead atoms. The summed E-state index contributed by atoms with van der Waals surface area (Å²) in [5.41, 5.74) is 1.62. The molecule has 0 heterocycles. The first-order valence-corrected chi connectivity index (χ1v) is 7.58. The van der Waals surface area contributed by atoms with Crippen LogP contribution in [-0.4, -0.2) is 18.4 Å². The maximum atomic E-state index is 11.7. The van der Waals surface area contributed by atoms with Crippen LogP contribution in [0, 0.1) is 0 Å². The van der Waals surface area contributed by atoms with Crippen molar-refractivity contribution in [1.29, 1.82) is 0 Å². The molecule has 0 saturated carbocycles. The van der Waals surface area contributed by atoms with Crippen molar-refractivity contribution in [1.82, 2.24) is 5.32 Å². The number of nitrogens with one attached hydrogen (secondary N) is 2. The van der Waals surface area contributed by atoms with Gasteiger partial charge in [-0.25, -0.2) is 0 Å². The third-order valence-corrected chi connectivity index (χ3v) is 3.26. The molecule has 2 N–H and O–H groups in total. The van der Waals surface area contributed by atoms with E-state index < -0.39 is 0 Å². The van der Waals surface area contributed by atoms with Crippen molar-refractivity contribution in [2.24, 2.45) is 0 Å². The summed E-state index contributed by atoms with van der Waals surface area (Å²) < 4.78 is 0. The predicted molar refractivity (Wildman–Crippen MR) is 93.2 cm³/mol. The number of anilines is 1. The fourth-order valence-electron chi connectivity index (χ4n) is 1.85. The van der Waals surface area contributed by atoms with Gasteiger partial charge in [-0.15, -0.1) is 0 Å².